The zero-order chi connectivity index (χ0) is 19.6. The minimum atomic E-state index is 0.579. The molecule has 28 heavy (non-hydrogen) atoms. The maximum atomic E-state index is 8.88. The second-order valence-electron chi connectivity index (χ2n) is 7.16. The molecule has 0 radical (unpaired) electrons. The van der Waals surface area contributed by atoms with Gasteiger partial charge < -0.3 is 10.6 Å². The number of nitriles is 1. The molecule has 0 bridgehead atoms. The first kappa shape index (κ1) is 19.9. The van der Waals surface area contributed by atoms with Crippen molar-refractivity contribution in [2.24, 2.45) is 4.99 Å². The van der Waals surface area contributed by atoms with Gasteiger partial charge in [-0.1, -0.05) is 36.4 Å². The number of likely N-dealkylation sites (tertiary alicyclic amines) is 1. The van der Waals surface area contributed by atoms with Crippen LogP contribution in [0.4, 0.5) is 0 Å². The van der Waals surface area contributed by atoms with Gasteiger partial charge in [0.05, 0.1) is 18.2 Å². The molecule has 0 aliphatic carbocycles. The van der Waals surface area contributed by atoms with Gasteiger partial charge in [-0.3, -0.25) is 4.90 Å². The van der Waals surface area contributed by atoms with Crippen LogP contribution in [0.25, 0.3) is 0 Å². The molecule has 2 aromatic carbocycles. The number of hydrogen-bond donors (Lipinski definition) is 2. The molecule has 0 unspecified atom stereocenters. The quantitative estimate of drug-likeness (QED) is 0.575. The first-order valence-electron chi connectivity index (χ1n) is 10.1. The van der Waals surface area contributed by atoms with E-state index in [9.17, 15) is 0 Å². The fourth-order valence-electron chi connectivity index (χ4n) is 3.34. The summed E-state index contributed by atoms with van der Waals surface area (Å²) in [7, 11) is 0. The van der Waals surface area contributed by atoms with Crippen LogP contribution in [0.5, 0.6) is 0 Å². The summed E-state index contributed by atoms with van der Waals surface area (Å²) < 4.78 is 0. The van der Waals surface area contributed by atoms with Crippen molar-refractivity contribution >= 4 is 5.96 Å². The first-order valence-corrected chi connectivity index (χ1v) is 10.1. The summed E-state index contributed by atoms with van der Waals surface area (Å²) in [6, 6.07) is 18.6. The van der Waals surface area contributed by atoms with Crippen LogP contribution in [-0.2, 0) is 19.6 Å². The smallest absolute Gasteiger partial charge is 0.191 e. The van der Waals surface area contributed by atoms with E-state index in [1.807, 2.05) is 24.3 Å². The van der Waals surface area contributed by atoms with Crippen molar-refractivity contribution in [3.05, 3.63) is 70.8 Å². The van der Waals surface area contributed by atoms with Crippen LogP contribution in [0, 0.1) is 11.3 Å². The number of aliphatic imine (C=N–C) groups is 1. The van der Waals surface area contributed by atoms with Crippen LogP contribution >= 0.6 is 0 Å². The molecule has 1 fully saturated rings. The summed E-state index contributed by atoms with van der Waals surface area (Å²) in [5.41, 5.74) is 4.38. The second-order valence-corrected chi connectivity index (χ2v) is 7.16. The van der Waals surface area contributed by atoms with Gasteiger partial charge in [0, 0.05) is 19.6 Å². The molecule has 0 spiro atoms. The van der Waals surface area contributed by atoms with E-state index >= 15 is 0 Å². The van der Waals surface area contributed by atoms with Crippen molar-refractivity contribution in [3.8, 4) is 6.07 Å². The van der Waals surface area contributed by atoms with Crippen molar-refractivity contribution < 1.29 is 0 Å². The lowest BCUT2D eigenvalue weighted by molar-refractivity contribution is 0.331. The van der Waals surface area contributed by atoms with E-state index < -0.39 is 0 Å². The molecular weight excluding hydrogens is 346 g/mol. The average molecular weight is 376 g/mol. The average Bonchev–Trinajstić information content (AvgIpc) is 3.24. The first-order chi connectivity index (χ1) is 13.8. The largest absolute Gasteiger partial charge is 0.357 e. The highest BCUT2D eigenvalue weighted by atomic mass is 15.2. The van der Waals surface area contributed by atoms with Gasteiger partial charge in [0.2, 0.25) is 0 Å². The van der Waals surface area contributed by atoms with Crippen LogP contribution in [0.3, 0.4) is 0 Å². The Morgan fingerprint density at radius 1 is 0.964 bits per heavy atom. The van der Waals surface area contributed by atoms with Crippen molar-refractivity contribution in [1.29, 1.82) is 5.26 Å². The maximum absolute atomic E-state index is 8.88. The Hall–Kier alpha value is -2.84. The van der Waals surface area contributed by atoms with Crippen molar-refractivity contribution in [3.63, 3.8) is 0 Å². The Kier molecular flexibility index (Phi) is 7.45. The van der Waals surface area contributed by atoms with Crippen LogP contribution < -0.4 is 10.6 Å². The van der Waals surface area contributed by atoms with Crippen LogP contribution in [0.15, 0.2) is 53.5 Å². The molecule has 5 heteroatoms. The molecule has 0 atom stereocenters. The fourth-order valence-corrected chi connectivity index (χ4v) is 3.34. The van der Waals surface area contributed by atoms with Gasteiger partial charge in [-0.05, 0) is 61.7 Å². The molecule has 1 aliphatic rings. The van der Waals surface area contributed by atoms with Gasteiger partial charge in [-0.25, -0.2) is 4.99 Å². The summed E-state index contributed by atoms with van der Waals surface area (Å²) in [5.74, 6) is 0.799. The Morgan fingerprint density at radius 2 is 1.61 bits per heavy atom. The van der Waals surface area contributed by atoms with E-state index in [0.717, 1.165) is 31.2 Å². The highest BCUT2D eigenvalue weighted by Crippen LogP contribution is 2.13. The normalized spacial score (nSPS) is 14.6. The fraction of sp³-hybridized carbons (Fsp3) is 0.391. The van der Waals surface area contributed by atoms with E-state index in [0.29, 0.717) is 12.1 Å². The predicted octanol–water partition coefficient (Wildman–Crippen LogP) is 3.41. The summed E-state index contributed by atoms with van der Waals surface area (Å²) in [5, 5.41) is 15.6. The van der Waals surface area contributed by atoms with E-state index in [2.05, 4.69) is 57.8 Å². The molecule has 0 aromatic heterocycles. The number of nitrogens with one attached hydrogen (secondary N) is 2. The molecule has 0 amide bonds. The third-order valence-corrected chi connectivity index (χ3v) is 4.93. The highest BCUT2D eigenvalue weighted by molar-refractivity contribution is 5.79. The lowest BCUT2D eigenvalue weighted by Gasteiger charge is -2.15. The van der Waals surface area contributed by atoms with Gasteiger partial charge in [0.15, 0.2) is 5.96 Å². The van der Waals surface area contributed by atoms with Gasteiger partial charge in [0.25, 0.3) is 0 Å². The standard InChI is InChI=1S/C23H29N5/c1-2-25-23(26-16-20-7-5-19(15-24)6-8-20)27-17-21-9-11-22(12-10-21)18-28-13-3-4-14-28/h5-12H,2-4,13-14,16-18H2,1H3,(H2,25,26,27). The topological polar surface area (TPSA) is 63.5 Å². The molecular formula is C23H29N5. The van der Waals surface area contributed by atoms with Crippen molar-refractivity contribution in [2.45, 2.75) is 39.4 Å². The highest BCUT2D eigenvalue weighted by Gasteiger charge is 2.11. The van der Waals surface area contributed by atoms with Crippen molar-refractivity contribution in [1.82, 2.24) is 15.5 Å². The van der Waals surface area contributed by atoms with Crippen LogP contribution in [0.2, 0.25) is 0 Å². The molecule has 146 valence electrons. The molecule has 1 aliphatic heterocycles. The SMILES string of the molecule is CCNC(=NCc1ccc(C#N)cc1)NCc1ccc(CN2CCCC2)cc1. The molecule has 0 saturated carbocycles. The third-order valence-electron chi connectivity index (χ3n) is 4.93. The monoisotopic (exact) mass is 375 g/mol. The lowest BCUT2D eigenvalue weighted by atomic mass is 10.1. The number of guanidine groups is 1. The van der Waals surface area contributed by atoms with Gasteiger partial charge in [-0.15, -0.1) is 0 Å². The Balaban J connectivity index is 1.52. The number of benzene rings is 2. The Bertz CT molecular complexity index is 796. The maximum Gasteiger partial charge on any atom is 0.191 e. The van der Waals surface area contributed by atoms with Crippen LogP contribution in [0.1, 0.15) is 42.0 Å². The third kappa shape index (κ3) is 6.11. The molecule has 2 N–H and O–H groups in total. The molecule has 1 heterocycles. The number of nitrogens with zero attached hydrogens (tertiary/aromatic N) is 3. The minimum Gasteiger partial charge on any atom is -0.357 e. The zero-order valence-electron chi connectivity index (χ0n) is 16.6. The molecule has 2 aromatic rings. The Morgan fingerprint density at radius 3 is 2.25 bits per heavy atom. The van der Waals surface area contributed by atoms with E-state index in [1.54, 1.807) is 0 Å². The lowest BCUT2D eigenvalue weighted by Crippen LogP contribution is -2.36. The molecule has 3 rings (SSSR count). The summed E-state index contributed by atoms with van der Waals surface area (Å²) in [6.07, 6.45) is 2.66. The molecule has 5 nitrogen and oxygen atoms in total. The van der Waals surface area contributed by atoms with Gasteiger partial charge in [-0.2, -0.15) is 5.26 Å². The predicted molar refractivity (Wildman–Crippen MR) is 114 cm³/mol. The van der Waals surface area contributed by atoms with E-state index in [4.69, 9.17) is 5.26 Å². The second kappa shape index (κ2) is 10.5. The summed E-state index contributed by atoms with van der Waals surface area (Å²) in [4.78, 5) is 7.17. The number of rotatable bonds is 7. The number of hydrogen-bond acceptors (Lipinski definition) is 3. The molecule has 1 saturated heterocycles. The van der Waals surface area contributed by atoms with Gasteiger partial charge in [0.1, 0.15) is 0 Å². The minimum absolute atomic E-state index is 0.579. The Labute approximate surface area is 168 Å². The van der Waals surface area contributed by atoms with Crippen molar-refractivity contribution in [2.75, 3.05) is 19.6 Å². The summed E-state index contributed by atoms with van der Waals surface area (Å²) in [6.45, 7) is 7.71. The van der Waals surface area contributed by atoms with E-state index in [-0.39, 0.29) is 0 Å². The zero-order valence-corrected chi connectivity index (χ0v) is 16.6. The van der Waals surface area contributed by atoms with Gasteiger partial charge >= 0.3 is 0 Å². The summed E-state index contributed by atoms with van der Waals surface area (Å²) >= 11 is 0. The van der Waals surface area contributed by atoms with E-state index in [1.165, 1.54) is 37.1 Å². The van der Waals surface area contributed by atoms with Crippen LogP contribution in [-0.4, -0.2) is 30.5 Å².